The number of hydrogen-bond donors (Lipinski definition) is 1. The smallest absolute Gasteiger partial charge is 0.282 e. The van der Waals surface area contributed by atoms with Gasteiger partial charge in [-0.1, -0.05) is 42.5 Å². The molecular weight excluding hydrogens is 403 g/mol. The Balaban J connectivity index is 1.83. The van der Waals surface area contributed by atoms with Gasteiger partial charge in [0.2, 0.25) is 5.78 Å². The van der Waals surface area contributed by atoms with Crippen molar-refractivity contribution < 1.29 is 17.6 Å². The van der Waals surface area contributed by atoms with E-state index in [1.54, 1.807) is 24.3 Å². The quantitative estimate of drug-likeness (QED) is 0.674. The van der Waals surface area contributed by atoms with E-state index in [9.17, 15) is 17.6 Å². The molecule has 0 aliphatic heterocycles. The van der Waals surface area contributed by atoms with Crippen LogP contribution in [-0.2, 0) is 10.0 Å². The maximum atomic E-state index is 13.2. The lowest BCUT2D eigenvalue weighted by Gasteiger charge is -2.19. The van der Waals surface area contributed by atoms with E-state index < -0.39 is 15.8 Å². The molecule has 0 saturated heterocycles. The van der Waals surface area contributed by atoms with E-state index in [1.165, 1.54) is 6.08 Å². The highest BCUT2D eigenvalue weighted by molar-refractivity contribution is 7.90. The van der Waals surface area contributed by atoms with Gasteiger partial charge in [0.05, 0.1) is 16.3 Å². The summed E-state index contributed by atoms with van der Waals surface area (Å²) in [5, 5.41) is 3.09. The first-order chi connectivity index (χ1) is 14.3. The molecule has 4 rings (SSSR count). The number of aryl methyl sites for hydroxylation is 1. The summed E-state index contributed by atoms with van der Waals surface area (Å²) >= 11 is 0. The highest BCUT2D eigenvalue weighted by Crippen LogP contribution is 2.26. The molecule has 0 heterocycles. The van der Waals surface area contributed by atoms with E-state index in [0.29, 0.717) is 11.1 Å². The van der Waals surface area contributed by atoms with Gasteiger partial charge in [0.25, 0.3) is 10.0 Å². The van der Waals surface area contributed by atoms with Crippen molar-refractivity contribution in [3.63, 3.8) is 0 Å². The number of ketones is 1. The van der Waals surface area contributed by atoms with Gasteiger partial charge in [0, 0.05) is 16.8 Å². The van der Waals surface area contributed by atoms with Crippen LogP contribution >= 0.6 is 0 Å². The molecule has 1 N–H and O–H groups in total. The minimum Gasteiger partial charge on any atom is -0.352 e. The minimum atomic E-state index is -4.10. The zero-order valence-corrected chi connectivity index (χ0v) is 16.8. The average Bonchev–Trinajstić information content (AvgIpc) is 2.73. The first kappa shape index (κ1) is 19.7. The van der Waals surface area contributed by atoms with E-state index in [0.717, 1.165) is 35.5 Å². The Morgan fingerprint density at radius 3 is 2.20 bits per heavy atom. The molecule has 30 heavy (non-hydrogen) atoms. The van der Waals surface area contributed by atoms with E-state index in [4.69, 9.17) is 0 Å². The Morgan fingerprint density at radius 1 is 0.867 bits per heavy atom. The molecule has 0 fully saturated rings. The first-order valence-corrected chi connectivity index (χ1v) is 10.6. The lowest BCUT2D eigenvalue weighted by molar-refractivity contribution is 0.103. The first-order valence-electron chi connectivity index (χ1n) is 9.14. The summed E-state index contributed by atoms with van der Waals surface area (Å²) < 4.78 is 42.7. The molecule has 3 aromatic carbocycles. The maximum Gasteiger partial charge on any atom is 0.282 e. The Hall–Kier alpha value is -3.58. The van der Waals surface area contributed by atoms with E-state index in [1.807, 2.05) is 31.2 Å². The molecule has 1 aliphatic carbocycles. The second-order valence-corrected chi connectivity index (χ2v) is 8.38. The summed E-state index contributed by atoms with van der Waals surface area (Å²) in [6.07, 6.45) is 1.43. The lowest BCUT2D eigenvalue weighted by Crippen LogP contribution is -2.23. The van der Waals surface area contributed by atoms with Crippen LogP contribution in [0.3, 0.4) is 0 Å². The molecule has 7 heteroatoms. The molecule has 0 spiro atoms. The summed E-state index contributed by atoms with van der Waals surface area (Å²) in [4.78, 5) is 12.8. The number of hydrogen-bond acceptors (Lipinski definition) is 4. The zero-order valence-electron chi connectivity index (χ0n) is 16.0. The zero-order chi connectivity index (χ0) is 21.3. The minimum absolute atomic E-state index is 0.130. The van der Waals surface area contributed by atoms with Gasteiger partial charge in [-0.05, 0) is 48.9 Å². The summed E-state index contributed by atoms with van der Waals surface area (Å²) in [6, 6.07) is 18.6. The van der Waals surface area contributed by atoms with Crippen molar-refractivity contribution in [3.05, 3.63) is 107 Å². The number of sulfonamides is 1. The van der Waals surface area contributed by atoms with Crippen LogP contribution in [0, 0.1) is 12.7 Å². The van der Waals surface area contributed by atoms with Crippen molar-refractivity contribution in [2.24, 2.45) is 4.40 Å². The van der Waals surface area contributed by atoms with Crippen molar-refractivity contribution in [3.8, 4) is 0 Å². The van der Waals surface area contributed by atoms with Gasteiger partial charge in [0.1, 0.15) is 5.82 Å². The monoisotopic (exact) mass is 420 g/mol. The number of allylic oxidation sites excluding steroid dienone is 2. The molecule has 0 aromatic heterocycles. The van der Waals surface area contributed by atoms with Gasteiger partial charge in [-0.3, -0.25) is 4.79 Å². The Morgan fingerprint density at radius 2 is 1.50 bits per heavy atom. The van der Waals surface area contributed by atoms with Crippen LogP contribution in [0.15, 0.2) is 93.9 Å². The molecule has 1 aliphatic rings. The van der Waals surface area contributed by atoms with Gasteiger partial charge in [0.15, 0.2) is 0 Å². The summed E-state index contributed by atoms with van der Waals surface area (Å²) in [6.45, 7) is 1.90. The van der Waals surface area contributed by atoms with E-state index in [-0.39, 0.29) is 22.1 Å². The summed E-state index contributed by atoms with van der Waals surface area (Å²) in [5.41, 5.74) is 2.79. The molecule has 3 aromatic rings. The van der Waals surface area contributed by atoms with Crippen LogP contribution in [-0.4, -0.2) is 19.9 Å². The van der Waals surface area contributed by atoms with Crippen LogP contribution in [0.2, 0.25) is 0 Å². The molecular formula is C23H17FN2O3S. The molecule has 150 valence electrons. The van der Waals surface area contributed by atoms with Crippen LogP contribution < -0.4 is 5.32 Å². The number of anilines is 1. The largest absolute Gasteiger partial charge is 0.352 e. The SMILES string of the molecule is Cc1ccccc1NC1=C/C(=N\S(=O)(=O)c2ccc(F)cc2)c2ccccc2C1=O. The fourth-order valence-corrected chi connectivity index (χ4v) is 4.14. The van der Waals surface area contributed by atoms with E-state index in [2.05, 4.69) is 9.71 Å². The molecule has 0 saturated carbocycles. The lowest BCUT2D eigenvalue weighted by atomic mass is 9.92. The fourth-order valence-electron chi connectivity index (χ4n) is 3.14. The van der Waals surface area contributed by atoms with Crippen LogP contribution in [0.4, 0.5) is 10.1 Å². The van der Waals surface area contributed by atoms with E-state index >= 15 is 0 Å². The van der Waals surface area contributed by atoms with Crippen molar-refractivity contribution in [1.82, 2.24) is 0 Å². The van der Waals surface area contributed by atoms with Crippen molar-refractivity contribution in [2.75, 3.05) is 5.32 Å². The third-order valence-electron chi connectivity index (χ3n) is 4.72. The van der Waals surface area contributed by atoms with Gasteiger partial charge in [-0.15, -0.1) is 0 Å². The number of para-hydroxylation sites is 1. The normalized spacial score (nSPS) is 14.9. The number of carbonyl (C=O) groups excluding carboxylic acids is 1. The Bertz CT molecular complexity index is 1310. The Kier molecular flexibility index (Phi) is 5.05. The topological polar surface area (TPSA) is 75.6 Å². The second kappa shape index (κ2) is 7.68. The predicted molar refractivity (Wildman–Crippen MR) is 114 cm³/mol. The molecule has 0 unspecified atom stereocenters. The maximum absolute atomic E-state index is 13.2. The van der Waals surface area contributed by atoms with Crippen LogP contribution in [0.1, 0.15) is 21.5 Å². The van der Waals surface area contributed by atoms with Gasteiger partial charge in [-0.25, -0.2) is 4.39 Å². The highest BCUT2D eigenvalue weighted by atomic mass is 32.2. The number of Topliss-reactive ketones (excluding diaryl/α,β-unsaturated/α-hetero) is 1. The number of carbonyl (C=O) groups is 1. The third kappa shape index (κ3) is 3.79. The number of nitrogens with one attached hydrogen (secondary N) is 1. The molecule has 5 nitrogen and oxygen atoms in total. The van der Waals surface area contributed by atoms with Gasteiger partial charge < -0.3 is 5.32 Å². The van der Waals surface area contributed by atoms with Crippen LogP contribution in [0.5, 0.6) is 0 Å². The Labute approximate surface area is 173 Å². The average molecular weight is 420 g/mol. The number of fused-ring (bicyclic) bond motifs is 1. The summed E-state index contributed by atoms with van der Waals surface area (Å²) in [5.74, 6) is -0.799. The molecule has 0 atom stereocenters. The van der Waals surface area contributed by atoms with Gasteiger partial charge in [-0.2, -0.15) is 12.8 Å². The molecule has 0 bridgehead atoms. The molecule has 0 radical (unpaired) electrons. The van der Waals surface area contributed by atoms with Crippen molar-refractivity contribution >= 4 is 27.2 Å². The number of benzene rings is 3. The third-order valence-corrected chi connectivity index (χ3v) is 6.02. The number of halogens is 1. The highest BCUT2D eigenvalue weighted by Gasteiger charge is 2.26. The predicted octanol–water partition coefficient (Wildman–Crippen LogP) is 4.50. The number of nitrogens with zero attached hydrogens (tertiary/aromatic N) is 1. The van der Waals surface area contributed by atoms with Crippen LogP contribution in [0.25, 0.3) is 0 Å². The fraction of sp³-hybridized carbons (Fsp3) is 0.0435. The second-order valence-electron chi connectivity index (χ2n) is 6.78. The van der Waals surface area contributed by atoms with Gasteiger partial charge >= 0.3 is 0 Å². The molecule has 0 amide bonds. The van der Waals surface area contributed by atoms with Crippen molar-refractivity contribution in [1.29, 1.82) is 0 Å². The standard InChI is InChI=1S/C23H17FN2O3S/c1-15-6-2-5-9-20(15)25-22-14-21(18-7-3-4-8-19(18)23(22)27)26-30(28,29)17-12-10-16(24)11-13-17/h2-14,25H,1H3/b26-21+. The summed E-state index contributed by atoms with van der Waals surface area (Å²) in [7, 11) is -4.10. The van der Waals surface area contributed by atoms with Crippen molar-refractivity contribution in [2.45, 2.75) is 11.8 Å². The number of rotatable bonds is 4.